The van der Waals surface area contributed by atoms with Crippen molar-refractivity contribution in [2.45, 2.75) is 48.1 Å². The van der Waals surface area contributed by atoms with Gasteiger partial charge in [-0.05, 0) is 57.2 Å². The van der Waals surface area contributed by atoms with Gasteiger partial charge in [-0.1, -0.05) is 11.6 Å². The maximum atomic E-state index is 12.7. The number of rotatable bonds is 5. The molecule has 3 N–H and O–H groups in total. The highest BCUT2D eigenvalue weighted by Crippen LogP contribution is 2.37. The van der Waals surface area contributed by atoms with Crippen molar-refractivity contribution in [1.82, 2.24) is 4.31 Å². The Morgan fingerprint density at radius 1 is 1.27 bits per heavy atom. The molecule has 30 heavy (non-hydrogen) atoms. The third kappa shape index (κ3) is 4.60. The number of thioether (sulfide) groups is 1. The van der Waals surface area contributed by atoms with Gasteiger partial charge >= 0.3 is 0 Å². The predicted molar refractivity (Wildman–Crippen MR) is 121 cm³/mol. The van der Waals surface area contributed by atoms with Crippen LogP contribution in [0, 0.1) is 0 Å². The lowest BCUT2D eigenvalue weighted by Crippen LogP contribution is -2.33. The van der Waals surface area contributed by atoms with Crippen molar-refractivity contribution in [3.8, 4) is 0 Å². The summed E-state index contributed by atoms with van der Waals surface area (Å²) in [7, 11) is -2.24. The second kappa shape index (κ2) is 8.76. The Hall–Kier alpha value is -1.78. The number of carbonyl (C=O) groups is 1. The fourth-order valence-corrected chi connectivity index (χ4v) is 5.72. The van der Waals surface area contributed by atoms with Crippen molar-refractivity contribution in [1.29, 1.82) is 0 Å². The van der Waals surface area contributed by atoms with Crippen LogP contribution in [0.2, 0.25) is 5.02 Å². The van der Waals surface area contributed by atoms with Gasteiger partial charge in [0, 0.05) is 29.2 Å². The number of benzene rings is 2. The molecule has 0 aromatic heterocycles. The average Bonchev–Trinajstić information content (AvgIpc) is 2.67. The summed E-state index contributed by atoms with van der Waals surface area (Å²) >= 11 is 7.75. The molecule has 10 heteroatoms. The van der Waals surface area contributed by atoms with E-state index in [2.05, 4.69) is 10.6 Å². The molecule has 2 atom stereocenters. The smallest absolute Gasteiger partial charge is 0.255 e. The van der Waals surface area contributed by atoms with E-state index in [1.165, 1.54) is 41.3 Å². The molecule has 1 aliphatic rings. The molecule has 0 saturated heterocycles. The van der Waals surface area contributed by atoms with Gasteiger partial charge in [0.05, 0.1) is 16.0 Å². The molecule has 162 valence electrons. The molecular weight excluding hydrogens is 446 g/mol. The molecule has 3 rings (SSSR count). The average molecular weight is 470 g/mol. The molecule has 0 saturated carbocycles. The lowest BCUT2D eigenvalue weighted by atomic mass is 10.1. The van der Waals surface area contributed by atoms with Crippen LogP contribution in [0.3, 0.4) is 0 Å². The molecule has 0 aliphatic carbocycles. The molecule has 1 amide bonds. The number of fused-ring (bicyclic) bond motifs is 1. The number of carbonyl (C=O) groups excluding carboxylic acids is 1. The topological polar surface area (TPSA) is 98.7 Å². The second-order valence-electron chi connectivity index (χ2n) is 7.34. The summed E-state index contributed by atoms with van der Waals surface area (Å²) in [4.78, 5) is 13.6. The van der Waals surface area contributed by atoms with Crippen LogP contribution < -0.4 is 10.6 Å². The lowest BCUT2D eigenvalue weighted by Gasteiger charge is -2.28. The van der Waals surface area contributed by atoms with Gasteiger partial charge in [-0.3, -0.25) is 4.79 Å². The molecule has 2 aromatic carbocycles. The summed E-state index contributed by atoms with van der Waals surface area (Å²) in [6.07, 6.45) is -0.696. The number of aliphatic hydroxyl groups is 1. The Bertz CT molecular complexity index is 1080. The van der Waals surface area contributed by atoms with Gasteiger partial charge in [-0.15, -0.1) is 11.8 Å². The predicted octanol–water partition coefficient (Wildman–Crippen LogP) is 3.85. The van der Waals surface area contributed by atoms with E-state index in [1.807, 2.05) is 13.0 Å². The zero-order valence-electron chi connectivity index (χ0n) is 17.0. The second-order valence-corrected chi connectivity index (χ2v) is 11.1. The lowest BCUT2D eigenvalue weighted by molar-refractivity contribution is 0.102. The van der Waals surface area contributed by atoms with Crippen molar-refractivity contribution < 1.29 is 18.3 Å². The highest BCUT2D eigenvalue weighted by atomic mass is 35.5. The SMILES string of the molecule is CC1Sc2ccc(C(=O)Nc3ccc(S(=O)(=O)N(C)C(C)C)c(Cl)c3)cc2NC1O. The Kier molecular flexibility index (Phi) is 6.69. The molecule has 2 aromatic rings. The normalized spacial score (nSPS) is 18.8. The van der Waals surface area contributed by atoms with Gasteiger partial charge < -0.3 is 15.7 Å². The van der Waals surface area contributed by atoms with Crippen LogP contribution in [-0.4, -0.2) is 48.3 Å². The first-order valence-electron chi connectivity index (χ1n) is 9.35. The molecule has 0 spiro atoms. The fourth-order valence-electron chi connectivity index (χ4n) is 2.85. The molecule has 0 radical (unpaired) electrons. The van der Waals surface area contributed by atoms with E-state index >= 15 is 0 Å². The minimum Gasteiger partial charge on any atom is -0.373 e. The van der Waals surface area contributed by atoms with E-state index in [0.29, 0.717) is 16.9 Å². The number of nitrogens with zero attached hydrogens (tertiary/aromatic N) is 1. The van der Waals surface area contributed by atoms with Crippen LogP contribution in [-0.2, 0) is 10.0 Å². The van der Waals surface area contributed by atoms with Gasteiger partial charge in [0.25, 0.3) is 5.91 Å². The molecule has 7 nitrogen and oxygen atoms in total. The van der Waals surface area contributed by atoms with E-state index in [0.717, 1.165) is 4.90 Å². The summed E-state index contributed by atoms with van der Waals surface area (Å²) in [5.41, 5.74) is 1.47. The standard InChI is InChI=1S/C20H24ClN3O4S2/c1-11(2)24(4)30(27,28)18-8-6-14(10-15(18)21)22-20(26)13-5-7-17-16(9-13)23-19(25)12(3)29-17/h5-12,19,23,25H,1-4H3,(H,22,26). The molecule has 1 aliphatic heterocycles. The number of sulfonamides is 1. The fraction of sp³-hybridized carbons (Fsp3) is 0.350. The number of amides is 1. The van der Waals surface area contributed by atoms with E-state index in [1.54, 1.807) is 26.0 Å². The van der Waals surface area contributed by atoms with Crippen LogP contribution in [0.25, 0.3) is 0 Å². The molecule has 1 heterocycles. The number of hydrogen-bond acceptors (Lipinski definition) is 6. The van der Waals surface area contributed by atoms with Gasteiger partial charge in [0.15, 0.2) is 0 Å². The maximum absolute atomic E-state index is 12.7. The minimum atomic E-state index is -3.73. The number of anilines is 2. The first-order valence-corrected chi connectivity index (χ1v) is 12.0. The molecular formula is C20H24ClN3O4S2. The summed E-state index contributed by atoms with van der Waals surface area (Å²) in [6.45, 7) is 5.45. The van der Waals surface area contributed by atoms with E-state index in [9.17, 15) is 18.3 Å². The van der Waals surface area contributed by atoms with Crippen LogP contribution >= 0.6 is 23.4 Å². The minimum absolute atomic E-state index is 0.00357. The monoisotopic (exact) mass is 469 g/mol. The Balaban J connectivity index is 1.80. The van der Waals surface area contributed by atoms with Crippen molar-refractivity contribution in [2.75, 3.05) is 17.7 Å². The summed E-state index contributed by atoms with van der Waals surface area (Å²) in [5, 5.41) is 15.7. The van der Waals surface area contributed by atoms with Crippen LogP contribution in [0.15, 0.2) is 46.2 Å². The van der Waals surface area contributed by atoms with Crippen molar-refractivity contribution in [3.63, 3.8) is 0 Å². The quantitative estimate of drug-likeness (QED) is 0.615. The third-order valence-corrected chi connectivity index (χ3v) is 8.63. The zero-order chi connectivity index (χ0) is 22.2. The molecule has 0 bridgehead atoms. The van der Waals surface area contributed by atoms with Gasteiger partial charge in [-0.2, -0.15) is 4.31 Å². The highest BCUT2D eigenvalue weighted by molar-refractivity contribution is 8.00. The van der Waals surface area contributed by atoms with Crippen molar-refractivity contribution >= 4 is 50.7 Å². The van der Waals surface area contributed by atoms with Crippen LogP contribution in [0.1, 0.15) is 31.1 Å². The largest absolute Gasteiger partial charge is 0.373 e. The Morgan fingerprint density at radius 2 is 1.97 bits per heavy atom. The summed E-state index contributed by atoms with van der Waals surface area (Å²) in [5.74, 6) is -0.372. The van der Waals surface area contributed by atoms with E-state index in [-0.39, 0.29) is 27.1 Å². The highest BCUT2D eigenvalue weighted by Gasteiger charge is 2.26. The Morgan fingerprint density at radius 3 is 2.60 bits per heavy atom. The maximum Gasteiger partial charge on any atom is 0.255 e. The number of aliphatic hydroxyl groups excluding tert-OH is 1. The van der Waals surface area contributed by atoms with E-state index in [4.69, 9.17) is 11.6 Å². The van der Waals surface area contributed by atoms with Gasteiger partial charge in [0.1, 0.15) is 11.1 Å². The summed E-state index contributed by atoms with van der Waals surface area (Å²) in [6, 6.07) is 9.28. The Labute approximate surface area is 185 Å². The van der Waals surface area contributed by atoms with Crippen molar-refractivity contribution in [2.24, 2.45) is 0 Å². The number of hydrogen-bond donors (Lipinski definition) is 3. The third-order valence-electron chi connectivity index (χ3n) is 4.88. The van der Waals surface area contributed by atoms with Crippen LogP contribution in [0.4, 0.5) is 11.4 Å². The van der Waals surface area contributed by atoms with Crippen molar-refractivity contribution in [3.05, 3.63) is 47.0 Å². The zero-order valence-corrected chi connectivity index (χ0v) is 19.4. The first-order chi connectivity index (χ1) is 14.0. The van der Waals surface area contributed by atoms with Crippen LogP contribution in [0.5, 0.6) is 0 Å². The van der Waals surface area contributed by atoms with E-state index < -0.39 is 16.3 Å². The summed E-state index contributed by atoms with van der Waals surface area (Å²) < 4.78 is 26.6. The first kappa shape index (κ1) is 22.9. The van der Waals surface area contributed by atoms with Gasteiger partial charge in [0.2, 0.25) is 10.0 Å². The molecule has 0 fully saturated rings. The number of nitrogens with one attached hydrogen (secondary N) is 2. The molecule has 2 unspecified atom stereocenters. The van der Waals surface area contributed by atoms with Gasteiger partial charge in [-0.25, -0.2) is 8.42 Å². The number of halogens is 1.